The summed E-state index contributed by atoms with van der Waals surface area (Å²) >= 11 is 0. The Balaban J connectivity index is 2.89. The third-order valence-corrected chi connectivity index (χ3v) is 2.42. The van der Waals surface area contributed by atoms with Gasteiger partial charge in [0, 0.05) is 6.54 Å². The second kappa shape index (κ2) is 4.68. The van der Waals surface area contributed by atoms with Crippen molar-refractivity contribution >= 4 is 0 Å². The van der Waals surface area contributed by atoms with E-state index in [1.165, 1.54) is 31.2 Å². The second-order valence-electron chi connectivity index (χ2n) is 3.68. The van der Waals surface area contributed by atoms with Gasteiger partial charge in [-0.2, -0.15) is 0 Å². The average Bonchev–Trinajstić information content (AvgIpc) is 2.18. The van der Waals surface area contributed by atoms with Gasteiger partial charge in [0.25, 0.3) is 0 Å². The van der Waals surface area contributed by atoms with Crippen LogP contribution in [0.15, 0.2) is 24.3 Å². The van der Waals surface area contributed by atoms with Crippen LogP contribution in [0.3, 0.4) is 0 Å². The fourth-order valence-electron chi connectivity index (χ4n) is 1.35. The number of benzene rings is 1. The highest BCUT2D eigenvalue weighted by Crippen LogP contribution is 2.26. The van der Waals surface area contributed by atoms with Crippen molar-refractivity contribution in [1.29, 1.82) is 0 Å². The molecule has 0 aliphatic rings. The van der Waals surface area contributed by atoms with E-state index in [2.05, 4.69) is 5.32 Å². The maximum absolute atomic E-state index is 13.6. The van der Waals surface area contributed by atoms with E-state index >= 15 is 0 Å². The topological polar surface area (TPSA) is 32.3 Å². The fraction of sp³-hybridized carbons (Fsp3) is 0.455. The van der Waals surface area contributed by atoms with Crippen LogP contribution < -0.4 is 5.32 Å². The average molecular weight is 215 g/mol. The highest BCUT2D eigenvalue weighted by Gasteiger charge is 2.33. The Morgan fingerprint density at radius 3 is 2.40 bits per heavy atom. The molecule has 0 fully saturated rings. The first-order chi connectivity index (χ1) is 6.98. The molecule has 0 radical (unpaired) electrons. The molecule has 2 atom stereocenters. The van der Waals surface area contributed by atoms with Gasteiger partial charge < -0.3 is 10.4 Å². The fourth-order valence-corrected chi connectivity index (χ4v) is 1.35. The van der Waals surface area contributed by atoms with Crippen molar-refractivity contribution in [2.45, 2.75) is 18.7 Å². The summed E-state index contributed by atoms with van der Waals surface area (Å²) in [5.41, 5.74) is -1.23. The van der Waals surface area contributed by atoms with Gasteiger partial charge >= 0.3 is 0 Å². The molecule has 1 aromatic carbocycles. The Bertz CT molecular complexity index is 311. The second-order valence-corrected chi connectivity index (χ2v) is 3.68. The molecule has 0 heterocycles. The van der Waals surface area contributed by atoms with Crippen molar-refractivity contribution in [3.63, 3.8) is 0 Å². The lowest BCUT2D eigenvalue weighted by molar-refractivity contribution is -0.0229. The van der Waals surface area contributed by atoms with E-state index in [0.29, 0.717) is 5.56 Å². The van der Waals surface area contributed by atoms with Crippen LogP contribution in [0.2, 0.25) is 0 Å². The number of aliphatic hydroxyl groups is 1. The molecule has 2 N–H and O–H groups in total. The molecule has 0 aromatic heterocycles. The molecule has 15 heavy (non-hydrogen) atoms. The summed E-state index contributed by atoms with van der Waals surface area (Å²) in [7, 11) is 1.60. The predicted octanol–water partition coefficient (Wildman–Crippen LogP) is 1.59. The lowest BCUT2D eigenvalue weighted by Crippen LogP contribution is -2.39. The van der Waals surface area contributed by atoms with Crippen LogP contribution in [0.25, 0.3) is 0 Å². The van der Waals surface area contributed by atoms with Crippen molar-refractivity contribution in [3.05, 3.63) is 35.6 Å². The summed E-state index contributed by atoms with van der Waals surface area (Å²) in [6.07, 6.45) is -1.44. The normalized spacial score (nSPS) is 17.1. The molecule has 1 rings (SSSR count). The summed E-state index contributed by atoms with van der Waals surface area (Å²) in [4.78, 5) is 0. The summed E-state index contributed by atoms with van der Waals surface area (Å²) in [5.74, 6) is -0.404. The zero-order valence-corrected chi connectivity index (χ0v) is 8.80. The lowest BCUT2D eigenvalue weighted by Gasteiger charge is -2.27. The molecule has 0 saturated carbocycles. The van der Waals surface area contributed by atoms with Gasteiger partial charge in [0.1, 0.15) is 17.6 Å². The first-order valence-corrected chi connectivity index (χ1v) is 4.75. The number of hydrogen-bond donors (Lipinski definition) is 2. The van der Waals surface area contributed by atoms with Crippen molar-refractivity contribution < 1.29 is 13.9 Å². The van der Waals surface area contributed by atoms with Crippen molar-refractivity contribution in [3.8, 4) is 0 Å². The minimum Gasteiger partial charge on any atom is -0.382 e. The Morgan fingerprint density at radius 2 is 1.93 bits per heavy atom. The Morgan fingerprint density at radius 1 is 1.40 bits per heavy atom. The van der Waals surface area contributed by atoms with Crippen molar-refractivity contribution in [1.82, 2.24) is 5.32 Å². The van der Waals surface area contributed by atoms with Gasteiger partial charge in [-0.15, -0.1) is 0 Å². The largest absolute Gasteiger partial charge is 0.382 e. The van der Waals surface area contributed by atoms with E-state index in [1.807, 2.05) is 0 Å². The monoisotopic (exact) mass is 215 g/mol. The number of alkyl halides is 1. The smallest absolute Gasteiger partial charge is 0.145 e. The Kier molecular flexibility index (Phi) is 3.77. The van der Waals surface area contributed by atoms with Gasteiger partial charge in [-0.3, -0.25) is 0 Å². The first kappa shape index (κ1) is 12.1. The summed E-state index contributed by atoms with van der Waals surface area (Å²) in [6, 6.07) is 5.18. The third-order valence-electron chi connectivity index (χ3n) is 2.42. The Hall–Kier alpha value is -1.00. The molecule has 0 amide bonds. The molecular weight excluding hydrogens is 200 g/mol. The van der Waals surface area contributed by atoms with E-state index < -0.39 is 17.6 Å². The zero-order valence-electron chi connectivity index (χ0n) is 8.80. The van der Waals surface area contributed by atoms with E-state index in [1.54, 1.807) is 7.05 Å². The van der Waals surface area contributed by atoms with Crippen LogP contribution in [0.4, 0.5) is 8.78 Å². The third kappa shape index (κ3) is 2.73. The van der Waals surface area contributed by atoms with Crippen LogP contribution in [0, 0.1) is 5.82 Å². The Labute approximate surface area is 87.9 Å². The van der Waals surface area contributed by atoms with E-state index in [0.717, 1.165) is 0 Å². The van der Waals surface area contributed by atoms with E-state index in [9.17, 15) is 13.9 Å². The molecule has 0 bridgehead atoms. The molecule has 0 aliphatic heterocycles. The minimum atomic E-state index is -1.60. The number of nitrogens with one attached hydrogen (secondary N) is 1. The van der Waals surface area contributed by atoms with Crippen LogP contribution >= 0.6 is 0 Å². The summed E-state index contributed by atoms with van der Waals surface area (Å²) < 4.78 is 26.2. The standard InChI is InChI=1S/C11H15F2NO/c1-11(15,10(13)7-14-2)8-3-5-9(12)6-4-8/h3-6,10,14-15H,7H2,1-2H3/t10-,11+/m1/s1. The maximum Gasteiger partial charge on any atom is 0.145 e. The van der Waals surface area contributed by atoms with E-state index in [4.69, 9.17) is 0 Å². The van der Waals surface area contributed by atoms with Crippen LogP contribution in [0.5, 0.6) is 0 Å². The molecule has 1 aromatic rings. The highest BCUT2D eigenvalue weighted by molar-refractivity contribution is 5.23. The lowest BCUT2D eigenvalue weighted by atomic mass is 9.91. The van der Waals surface area contributed by atoms with Gasteiger partial charge in [0.15, 0.2) is 0 Å². The maximum atomic E-state index is 13.6. The molecular formula is C11H15F2NO. The van der Waals surface area contributed by atoms with Crippen LogP contribution in [0.1, 0.15) is 12.5 Å². The highest BCUT2D eigenvalue weighted by atomic mass is 19.1. The van der Waals surface area contributed by atoms with Crippen LogP contribution in [-0.4, -0.2) is 24.9 Å². The van der Waals surface area contributed by atoms with Gasteiger partial charge in [-0.1, -0.05) is 12.1 Å². The summed E-state index contributed by atoms with van der Waals surface area (Å²) in [5, 5.41) is 12.6. The molecule has 0 aliphatic carbocycles. The van der Waals surface area contributed by atoms with Crippen molar-refractivity contribution in [2.75, 3.05) is 13.6 Å². The molecule has 0 spiro atoms. The molecule has 2 nitrogen and oxygen atoms in total. The van der Waals surface area contributed by atoms with Crippen molar-refractivity contribution in [2.24, 2.45) is 0 Å². The number of rotatable bonds is 4. The SMILES string of the molecule is CNC[C@@H](F)[C@@](C)(O)c1ccc(F)cc1. The number of hydrogen-bond acceptors (Lipinski definition) is 2. The van der Waals surface area contributed by atoms with E-state index in [-0.39, 0.29) is 6.54 Å². The molecule has 4 heteroatoms. The van der Waals surface area contributed by atoms with Gasteiger partial charge in [-0.25, -0.2) is 8.78 Å². The minimum absolute atomic E-state index is 0.0460. The van der Waals surface area contributed by atoms with Gasteiger partial charge in [-0.05, 0) is 31.7 Å². The molecule has 0 saturated heterocycles. The molecule has 0 unspecified atom stereocenters. The van der Waals surface area contributed by atoms with Gasteiger partial charge in [0.2, 0.25) is 0 Å². The van der Waals surface area contributed by atoms with Gasteiger partial charge in [0.05, 0.1) is 0 Å². The first-order valence-electron chi connectivity index (χ1n) is 4.75. The summed E-state index contributed by atoms with van der Waals surface area (Å²) in [6.45, 7) is 1.42. The quantitative estimate of drug-likeness (QED) is 0.799. The predicted molar refractivity (Wildman–Crippen MR) is 54.8 cm³/mol. The zero-order chi connectivity index (χ0) is 11.5. The van der Waals surface area contributed by atoms with Crippen LogP contribution in [-0.2, 0) is 5.60 Å². The molecule has 84 valence electrons. The number of halogens is 2.